The molecule has 3 nitrogen and oxygen atoms in total. The van der Waals surface area contributed by atoms with Gasteiger partial charge in [0, 0.05) is 42.2 Å². The van der Waals surface area contributed by atoms with Crippen molar-refractivity contribution in [3.05, 3.63) is 140 Å². The highest BCUT2D eigenvalue weighted by atomic mass is 32.1. The Labute approximate surface area is 257 Å². The molecule has 0 N–H and O–H groups in total. The molecule has 1 aliphatic rings. The van der Waals surface area contributed by atoms with Crippen molar-refractivity contribution in [2.75, 3.05) is 0 Å². The predicted octanol–water partition coefficient (Wildman–Crippen LogP) is 10.9. The smallest absolute Gasteiger partial charge is 0.235 e. The maximum atomic E-state index is 5.32. The summed E-state index contributed by atoms with van der Waals surface area (Å²) in [6, 6.07) is 49.7. The average molecular weight is 578 g/mol. The number of benzene rings is 6. The maximum Gasteiger partial charge on any atom is 0.235 e. The van der Waals surface area contributed by atoms with Crippen molar-refractivity contribution in [2.24, 2.45) is 0 Å². The maximum absolute atomic E-state index is 5.32. The van der Waals surface area contributed by atoms with Gasteiger partial charge < -0.3 is 0 Å². The summed E-state index contributed by atoms with van der Waals surface area (Å²) in [6.45, 7) is 0. The molecule has 0 bridgehead atoms. The molecule has 44 heavy (non-hydrogen) atoms. The summed E-state index contributed by atoms with van der Waals surface area (Å²) in [6.07, 6.45) is 0. The zero-order valence-electron chi connectivity index (χ0n) is 23.5. The molecule has 4 heteroatoms. The molecular weight excluding hydrogens is 555 g/mol. The Hall–Kier alpha value is -5.58. The second kappa shape index (κ2) is 8.96. The van der Waals surface area contributed by atoms with Gasteiger partial charge in [-0.05, 0) is 46.5 Å². The Kier molecular flexibility index (Phi) is 4.87. The number of rotatable bonds is 3. The highest BCUT2D eigenvalue weighted by Crippen LogP contribution is 2.55. The first-order valence-corrected chi connectivity index (χ1v) is 15.7. The zero-order valence-corrected chi connectivity index (χ0v) is 24.3. The molecule has 1 aliphatic carbocycles. The molecule has 0 aliphatic heterocycles. The van der Waals surface area contributed by atoms with Crippen LogP contribution < -0.4 is 0 Å². The van der Waals surface area contributed by atoms with Crippen molar-refractivity contribution < 1.29 is 0 Å². The number of aromatic nitrogens is 3. The van der Waals surface area contributed by atoms with Crippen molar-refractivity contribution in [2.45, 2.75) is 0 Å². The topological polar surface area (TPSA) is 30.7 Å². The van der Waals surface area contributed by atoms with Gasteiger partial charge in [0.25, 0.3) is 0 Å². The molecule has 204 valence electrons. The quantitative estimate of drug-likeness (QED) is 0.209. The number of fused-ring (bicyclic) bond motifs is 4. The monoisotopic (exact) mass is 577 g/mol. The number of hydrogen-bond donors (Lipinski definition) is 0. The fraction of sp³-hybridized carbons (Fsp3) is 0. The van der Waals surface area contributed by atoms with E-state index in [1.165, 1.54) is 53.6 Å². The van der Waals surface area contributed by atoms with E-state index >= 15 is 0 Å². The third-order valence-electron chi connectivity index (χ3n) is 8.97. The Bertz CT molecular complexity index is 2590. The molecule has 9 aromatic rings. The molecule has 6 aromatic carbocycles. The van der Waals surface area contributed by atoms with Gasteiger partial charge in [-0.1, -0.05) is 115 Å². The Morgan fingerprint density at radius 1 is 0.477 bits per heavy atom. The van der Waals surface area contributed by atoms with Crippen LogP contribution in [0.15, 0.2) is 140 Å². The lowest BCUT2D eigenvalue weighted by molar-refractivity contribution is 1.01. The Balaban J connectivity index is 1.39. The van der Waals surface area contributed by atoms with Gasteiger partial charge in [0.1, 0.15) is 0 Å². The van der Waals surface area contributed by atoms with Crippen molar-refractivity contribution in [1.29, 1.82) is 0 Å². The van der Waals surface area contributed by atoms with E-state index in [0.29, 0.717) is 5.95 Å². The van der Waals surface area contributed by atoms with Crippen molar-refractivity contribution >= 4 is 54.1 Å². The van der Waals surface area contributed by atoms with Crippen LogP contribution >= 0.6 is 11.3 Å². The summed E-state index contributed by atoms with van der Waals surface area (Å²) in [7, 11) is 0. The summed E-state index contributed by atoms with van der Waals surface area (Å²) in [5.74, 6) is 0.688. The third kappa shape index (κ3) is 3.20. The molecule has 0 atom stereocenters. The minimum atomic E-state index is 0.688. The first-order chi connectivity index (χ1) is 21.8. The molecule has 0 unspecified atom stereocenters. The SMILES string of the molecule is c1ccc(-c2sc3ccc4c5c3c2-c2ccccc2-c2cccc(c25)n4-c2nc(-c3ccccc3)c3ccccc3n2)cc1. The van der Waals surface area contributed by atoms with Crippen LogP contribution in [0.1, 0.15) is 0 Å². The van der Waals surface area contributed by atoms with Crippen LogP contribution in [0.4, 0.5) is 0 Å². The lowest BCUT2D eigenvalue weighted by atomic mass is 9.93. The second-order valence-corrected chi connectivity index (χ2v) is 12.4. The van der Waals surface area contributed by atoms with Crippen molar-refractivity contribution in [3.8, 4) is 49.9 Å². The van der Waals surface area contributed by atoms with Crippen molar-refractivity contribution in [3.63, 3.8) is 0 Å². The molecular formula is C40H23N3S. The fourth-order valence-electron chi connectivity index (χ4n) is 7.14. The van der Waals surface area contributed by atoms with E-state index < -0.39 is 0 Å². The van der Waals surface area contributed by atoms with E-state index in [1.807, 2.05) is 17.4 Å². The summed E-state index contributed by atoms with van der Waals surface area (Å²) in [5, 5.41) is 4.90. The highest BCUT2D eigenvalue weighted by molar-refractivity contribution is 7.23. The van der Waals surface area contributed by atoms with E-state index in [2.05, 4.69) is 138 Å². The minimum absolute atomic E-state index is 0.688. The number of para-hydroxylation sites is 1. The summed E-state index contributed by atoms with van der Waals surface area (Å²) in [4.78, 5) is 11.8. The van der Waals surface area contributed by atoms with Gasteiger partial charge in [0.15, 0.2) is 0 Å². The van der Waals surface area contributed by atoms with Crippen LogP contribution in [-0.2, 0) is 0 Å². The minimum Gasteiger partial charge on any atom is -0.278 e. The molecule has 10 rings (SSSR count). The van der Waals surface area contributed by atoms with E-state index in [-0.39, 0.29) is 0 Å². The predicted molar refractivity (Wildman–Crippen MR) is 185 cm³/mol. The number of hydrogen-bond acceptors (Lipinski definition) is 3. The van der Waals surface area contributed by atoms with Crippen LogP contribution in [0.2, 0.25) is 0 Å². The standard InChI is InChI=1S/C40H23N3S/c1-3-12-24(13-4-1)38-29-18-9-10-20-30(29)41-40(42-38)43-31-21-11-19-27-26-16-7-8-17-28(26)35-37-33(23-22-32(43)36(37)34(27)31)44-39(35)25-14-5-2-6-15-25/h1-23H. The fourth-order valence-corrected chi connectivity index (χ4v) is 8.37. The molecule has 0 amide bonds. The lowest BCUT2D eigenvalue weighted by Gasteiger charge is -2.13. The first kappa shape index (κ1) is 23.9. The van der Waals surface area contributed by atoms with Crippen LogP contribution in [0.3, 0.4) is 0 Å². The summed E-state index contributed by atoms with van der Waals surface area (Å²) >= 11 is 1.88. The Morgan fingerprint density at radius 3 is 2.00 bits per heavy atom. The molecule has 0 radical (unpaired) electrons. The van der Waals surface area contributed by atoms with Gasteiger partial charge in [-0.3, -0.25) is 4.57 Å². The van der Waals surface area contributed by atoms with Crippen molar-refractivity contribution in [1.82, 2.24) is 14.5 Å². The number of nitrogens with zero attached hydrogens (tertiary/aromatic N) is 3. The molecule has 0 spiro atoms. The van der Waals surface area contributed by atoms with Gasteiger partial charge in [-0.2, -0.15) is 0 Å². The normalized spacial score (nSPS) is 12.1. The van der Waals surface area contributed by atoms with Gasteiger partial charge in [-0.25, -0.2) is 9.97 Å². The van der Waals surface area contributed by atoms with Crippen LogP contribution in [-0.4, -0.2) is 14.5 Å². The third-order valence-corrected chi connectivity index (χ3v) is 10.2. The van der Waals surface area contributed by atoms with E-state index in [0.717, 1.165) is 33.2 Å². The molecule has 3 aromatic heterocycles. The van der Waals surface area contributed by atoms with Crippen LogP contribution in [0, 0.1) is 0 Å². The van der Waals surface area contributed by atoms with Gasteiger partial charge >= 0.3 is 0 Å². The Morgan fingerprint density at radius 2 is 1.16 bits per heavy atom. The van der Waals surface area contributed by atoms with Gasteiger partial charge in [0.2, 0.25) is 5.95 Å². The van der Waals surface area contributed by atoms with Crippen LogP contribution in [0.25, 0.3) is 92.7 Å². The largest absolute Gasteiger partial charge is 0.278 e. The van der Waals surface area contributed by atoms with E-state index in [4.69, 9.17) is 9.97 Å². The summed E-state index contributed by atoms with van der Waals surface area (Å²) < 4.78 is 3.57. The highest BCUT2D eigenvalue weighted by Gasteiger charge is 2.29. The first-order valence-electron chi connectivity index (χ1n) is 14.9. The van der Waals surface area contributed by atoms with E-state index in [9.17, 15) is 0 Å². The molecule has 0 saturated carbocycles. The van der Waals surface area contributed by atoms with Gasteiger partial charge in [0.05, 0.1) is 22.2 Å². The molecule has 3 heterocycles. The van der Waals surface area contributed by atoms with Crippen LogP contribution in [0.5, 0.6) is 0 Å². The molecule has 0 saturated heterocycles. The number of thiophene rings is 1. The average Bonchev–Trinajstić information content (AvgIpc) is 3.61. The van der Waals surface area contributed by atoms with Gasteiger partial charge in [-0.15, -0.1) is 11.3 Å². The molecule has 0 fully saturated rings. The summed E-state index contributed by atoms with van der Waals surface area (Å²) in [5.41, 5.74) is 11.6. The van der Waals surface area contributed by atoms with E-state index in [1.54, 1.807) is 0 Å². The lowest BCUT2D eigenvalue weighted by Crippen LogP contribution is -2.03. The second-order valence-electron chi connectivity index (χ2n) is 11.3. The zero-order chi connectivity index (χ0) is 28.8.